The molecule has 0 amide bonds. The Kier molecular flexibility index (Phi) is 4.11. The summed E-state index contributed by atoms with van der Waals surface area (Å²) in [6, 6.07) is 16.3. The Balaban J connectivity index is 1.49. The molecule has 124 valence electrons. The van der Waals surface area contributed by atoms with E-state index in [1.165, 1.54) is 16.5 Å². The Morgan fingerprint density at radius 2 is 1.79 bits per heavy atom. The van der Waals surface area contributed by atoms with Crippen LogP contribution in [0, 0.1) is 12.7 Å². The van der Waals surface area contributed by atoms with Gasteiger partial charge in [-0.2, -0.15) is 0 Å². The molecular formula is C21H23FN2. The smallest absolute Gasteiger partial charge is 0.125 e. The maximum absolute atomic E-state index is 13.7. The van der Waals surface area contributed by atoms with Crippen molar-refractivity contribution in [2.24, 2.45) is 0 Å². The highest BCUT2D eigenvalue weighted by atomic mass is 19.1. The van der Waals surface area contributed by atoms with Gasteiger partial charge < -0.3 is 4.57 Å². The first-order chi connectivity index (χ1) is 11.7. The minimum absolute atomic E-state index is 0.150. The van der Waals surface area contributed by atoms with Gasteiger partial charge in [0.2, 0.25) is 0 Å². The Hall–Kier alpha value is -2.13. The fourth-order valence-corrected chi connectivity index (χ4v) is 3.90. The molecule has 1 fully saturated rings. The van der Waals surface area contributed by atoms with Gasteiger partial charge in [-0.05, 0) is 49.1 Å². The van der Waals surface area contributed by atoms with Crippen molar-refractivity contribution >= 4 is 10.9 Å². The standard InChI is InChI=1S/C21H23FN2/c1-16-14-24(21-13-18(22)7-8-20(16)21)19-9-11-23(12-10-19)15-17-5-3-2-4-6-17/h2-8,13-14,19H,9-12,15H2,1H3. The number of fused-ring (bicyclic) bond motifs is 1. The maximum atomic E-state index is 13.7. The SMILES string of the molecule is Cc1cn(C2CCN(Cc3ccccc3)CC2)c2cc(F)ccc12. The molecule has 1 aliphatic heterocycles. The normalized spacial score (nSPS) is 16.8. The fraction of sp³-hybridized carbons (Fsp3) is 0.333. The molecule has 1 saturated heterocycles. The van der Waals surface area contributed by atoms with E-state index in [1.54, 1.807) is 12.1 Å². The summed E-state index contributed by atoms with van der Waals surface area (Å²) in [5.41, 5.74) is 3.64. The molecule has 0 atom stereocenters. The zero-order valence-corrected chi connectivity index (χ0v) is 14.1. The van der Waals surface area contributed by atoms with Crippen LogP contribution in [-0.4, -0.2) is 22.6 Å². The van der Waals surface area contributed by atoms with Crippen LogP contribution in [0.5, 0.6) is 0 Å². The van der Waals surface area contributed by atoms with Crippen LogP contribution in [0.1, 0.15) is 30.0 Å². The van der Waals surface area contributed by atoms with E-state index in [4.69, 9.17) is 0 Å². The molecule has 3 heteroatoms. The lowest BCUT2D eigenvalue weighted by Crippen LogP contribution is -2.34. The van der Waals surface area contributed by atoms with E-state index in [0.29, 0.717) is 6.04 Å². The summed E-state index contributed by atoms with van der Waals surface area (Å²) in [4.78, 5) is 2.52. The third-order valence-electron chi connectivity index (χ3n) is 5.20. The molecule has 2 nitrogen and oxygen atoms in total. The van der Waals surface area contributed by atoms with Gasteiger partial charge in [-0.15, -0.1) is 0 Å². The zero-order chi connectivity index (χ0) is 16.5. The summed E-state index contributed by atoms with van der Waals surface area (Å²) < 4.78 is 16.0. The van der Waals surface area contributed by atoms with E-state index < -0.39 is 0 Å². The van der Waals surface area contributed by atoms with Crippen LogP contribution < -0.4 is 0 Å². The number of aromatic nitrogens is 1. The van der Waals surface area contributed by atoms with Crippen LogP contribution >= 0.6 is 0 Å². The van der Waals surface area contributed by atoms with Crippen molar-refractivity contribution in [3.05, 3.63) is 71.7 Å². The predicted molar refractivity (Wildman–Crippen MR) is 96.6 cm³/mol. The number of hydrogen-bond donors (Lipinski definition) is 0. The average molecular weight is 322 g/mol. The second kappa shape index (κ2) is 6.40. The molecule has 0 bridgehead atoms. The van der Waals surface area contributed by atoms with E-state index in [2.05, 4.69) is 52.9 Å². The number of benzene rings is 2. The number of hydrogen-bond acceptors (Lipinski definition) is 1. The number of rotatable bonds is 3. The molecule has 0 N–H and O–H groups in total. The molecule has 1 aromatic heterocycles. The van der Waals surface area contributed by atoms with Crippen LogP contribution in [0.4, 0.5) is 4.39 Å². The summed E-state index contributed by atoms with van der Waals surface area (Å²) in [7, 11) is 0. The van der Waals surface area contributed by atoms with Gasteiger partial charge in [0.15, 0.2) is 0 Å². The highest BCUT2D eigenvalue weighted by Gasteiger charge is 2.22. The first-order valence-electron chi connectivity index (χ1n) is 8.74. The summed E-state index contributed by atoms with van der Waals surface area (Å²) in [6.45, 7) is 5.32. The molecule has 0 aliphatic carbocycles. The number of likely N-dealkylation sites (tertiary alicyclic amines) is 1. The molecule has 0 radical (unpaired) electrons. The van der Waals surface area contributed by atoms with Crippen molar-refractivity contribution in [1.29, 1.82) is 0 Å². The molecule has 24 heavy (non-hydrogen) atoms. The molecule has 3 aromatic rings. The van der Waals surface area contributed by atoms with Crippen LogP contribution in [0.3, 0.4) is 0 Å². The van der Waals surface area contributed by atoms with Crippen LogP contribution in [0.2, 0.25) is 0 Å². The van der Waals surface area contributed by atoms with E-state index in [-0.39, 0.29) is 5.82 Å². The van der Waals surface area contributed by atoms with E-state index in [1.807, 2.05) is 6.07 Å². The molecule has 4 rings (SSSR count). The Morgan fingerprint density at radius 1 is 1.04 bits per heavy atom. The van der Waals surface area contributed by atoms with Gasteiger partial charge in [0.1, 0.15) is 5.82 Å². The second-order valence-electron chi connectivity index (χ2n) is 6.87. The summed E-state index contributed by atoms with van der Waals surface area (Å²) >= 11 is 0. The van der Waals surface area contributed by atoms with Crippen LogP contribution in [-0.2, 0) is 6.54 Å². The minimum atomic E-state index is -0.150. The molecule has 2 heterocycles. The van der Waals surface area contributed by atoms with Gasteiger partial charge in [0.25, 0.3) is 0 Å². The largest absolute Gasteiger partial charge is 0.344 e. The first-order valence-corrected chi connectivity index (χ1v) is 8.74. The Bertz CT molecular complexity index is 830. The third kappa shape index (κ3) is 2.96. The van der Waals surface area contributed by atoms with Crippen molar-refractivity contribution in [2.45, 2.75) is 32.4 Å². The summed E-state index contributed by atoms with van der Waals surface area (Å²) in [5.74, 6) is -0.150. The predicted octanol–water partition coefficient (Wildman–Crippen LogP) is 4.93. The third-order valence-corrected chi connectivity index (χ3v) is 5.20. The monoisotopic (exact) mass is 322 g/mol. The molecule has 0 saturated carbocycles. The molecule has 0 spiro atoms. The highest BCUT2D eigenvalue weighted by molar-refractivity contribution is 5.83. The van der Waals surface area contributed by atoms with Crippen molar-refractivity contribution in [3.8, 4) is 0 Å². The van der Waals surface area contributed by atoms with Gasteiger partial charge in [0.05, 0.1) is 5.52 Å². The van der Waals surface area contributed by atoms with Gasteiger partial charge in [-0.1, -0.05) is 30.3 Å². The topological polar surface area (TPSA) is 8.17 Å². The molecular weight excluding hydrogens is 299 g/mol. The number of piperidine rings is 1. The number of halogens is 1. The Labute approximate surface area is 142 Å². The quantitative estimate of drug-likeness (QED) is 0.664. The van der Waals surface area contributed by atoms with E-state index in [0.717, 1.165) is 38.0 Å². The Morgan fingerprint density at radius 3 is 2.54 bits per heavy atom. The molecule has 1 aliphatic rings. The van der Waals surface area contributed by atoms with E-state index >= 15 is 0 Å². The molecule has 0 unspecified atom stereocenters. The van der Waals surface area contributed by atoms with Gasteiger partial charge in [0, 0.05) is 37.3 Å². The maximum Gasteiger partial charge on any atom is 0.125 e. The number of nitrogens with zero attached hydrogens (tertiary/aromatic N) is 2. The average Bonchev–Trinajstić information content (AvgIpc) is 2.93. The van der Waals surface area contributed by atoms with Gasteiger partial charge in [-0.3, -0.25) is 4.90 Å². The van der Waals surface area contributed by atoms with Gasteiger partial charge in [-0.25, -0.2) is 4.39 Å². The lowest BCUT2D eigenvalue weighted by atomic mass is 10.0. The zero-order valence-electron chi connectivity index (χ0n) is 14.1. The van der Waals surface area contributed by atoms with Crippen LogP contribution in [0.15, 0.2) is 54.7 Å². The lowest BCUT2D eigenvalue weighted by Gasteiger charge is -2.33. The summed E-state index contributed by atoms with van der Waals surface area (Å²) in [6.07, 6.45) is 4.43. The summed E-state index contributed by atoms with van der Waals surface area (Å²) in [5, 5.41) is 1.17. The minimum Gasteiger partial charge on any atom is -0.344 e. The lowest BCUT2D eigenvalue weighted by molar-refractivity contribution is 0.181. The first kappa shape index (κ1) is 15.4. The van der Waals surface area contributed by atoms with Crippen LogP contribution in [0.25, 0.3) is 10.9 Å². The van der Waals surface area contributed by atoms with Crippen molar-refractivity contribution in [3.63, 3.8) is 0 Å². The van der Waals surface area contributed by atoms with Crippen molar-refractivity contribution in [2.75, 3.05) is 13.1 Å². The van der Waals surface area contributed by atoms with Crippen molar-refractivity contribution in [1.82, 2.24) is 9.47 Å². The second-order valence-corrected chi connectivity index (χ2v) is 6.87. The highest BCUT2D eigenvalue weighted by Crippen LogP contribution is 2.30. The van der Waals surface area contributed by atoms with E-state index in [9.17, 15) is 4.39 Å². The number of aryl methyl sites for hydroxylation is 1. The fourth-order valence-electron chi connectivity index (χ4n) is 3.90. The van der Waals surface area contributed by atoms with Gasteiger partial charge >= 0.3 is 0 Å². The molecule has 2 aromatic carbocycles. The van der Waals surface area contributed by atoms with Crippen molar-refractivity contribution < 1.29 is 4.39 Å².